The fourth-order valence-corrected chi connectivity index (χ4v) is 4.21. The number of aryl methyl sites for hydroxylation is 1. The molecule has 6 nitrogen and oxygen atoms in total. The molecule has 0 aliphatic carbocycles. The van der Waals surface area contributed by atoms with Gasteiger partial charge in [-0.2, -0.15) is 0 Å². The third-order valence-corrected chi connectivity index (χ3v) is 5.67. The van der Waals surface area contributed by atoms with Gasteiger partial charge in [0.2, 0.25) is 0 Å². The van der Waals surface area contributed by atoms with Crippen molar-refractivity contribution in [2.45, 2.75) is 38.2 Å². The number of pyridine rings is 1. The van der Waals surface area contributed by atoms with E-state index in [0.717, 1.165) is 5.56 Å². The highest BCUT2D eigenvalue weighted by molar-refractivity contribution is 7.98. The zero-order chi connectivity index (χ0) is 20.5. The standard InChI is InChI=1S/C22H22N4O2S/c1-14(2)12-26-21(28)17-8-4-5-9-18(17)24-22(26)29-13-16-11-19(27)25-10-6-7-15(3)20(25)23-16/h4-11,14H,12-13H2,1-3H3. The lowest BCUT2D eigenvalue weighted by molar-refractivity contribution is 0.475. The van der Waals surface area contributed by atoms with Crippen LogP contribution in [-0.2, 0) is 12.3 Å². The van der Waals surface area contributed by atoms with Crippen molar-refractivity contribution < 1.29 is 0 Å². The molecule has 1 aromatic carbocycles. The Morgan fingerprint density at radius 2 is 1.86 bits per heavy atom. The van der Waals surface area contributed by atoms with Crippen molar-refractivity contribution >= 4 is 28.3 Å². The predicted octanol–water partition coefficient (Wildman–Crippen LogP) is 3.66. The number of benzene rings is 1. The molecule has 0 radical (unpaired) electrons. The van der Waals surface area contributed by atoms with Gasteiger partial charge in [0.25, 0.3) is 11.1 Å². The van der Waals surface area contributed by atoms with Gasteiger partial charge in [0, 0.05) is 24.6 Å². The van der Waals surface area contributed by atoms with Crippen LogP contribution in [0, 0.1) is 12.8 Å². The maximum atomic E-state index is 13.0. The Morgan fingerprint density at radius 1 is 1.07 bits per heavy atom. The minimum Gasteiger partial charge on any atom is -0.287 e. The summed E-state index contributed by atoms with van der Waals surface area (Å²) >= 11 is 1.44. The molecular formula is C22H22N4O2S. The first-order valence-corrected chi connectivity index (χ1v) is 10.5. The number of rotatable bonds is 5. The molecule has 0 spiro atoms. The van der Waals surface area contributed by atoms with E-state index >= 15 is 0 Å². The van der Waals surface area contributed by atoms with Gasteiger partial charge in [-0.25, -0.2) is 9.97 Å². The molecule has 0 fully saturated rings. The molecule has 148 valence electrons. The molecule has 0 N–H and O–H groups in total. The molecule has 7 heteroatoms. The van der Waals surface area contributed by atoms with Gasteiger partial charge >= 0.3 is 0 Å². The number of thioether (sulfide) groups is 1. The lowest BCUT2D eigenvalue weighted by atomic mass is 10.2. The van der Waals surface area contributed by atoms with Crippen LogP contribution < -0.4 is 11.1 Å². The van der Waals surface area contributed by atoms with Crippen LogP contribution in [0.15, 0.2) is 63.4 Å². The van der Waals surface area contributed by atoms with E-state index in [1.807, 2.05) is 43.3 Å². The summed E-state index contributed by atoms with van der Waals surface area (Å²) in [6.07, 6.45) is 1.72. The summed E-state index contributed by atoms with van der Waals surface area (Å²) in [6, 6.07) is 12.7. The largest absolute Gasteiger partial charge is 0.287 e. The van der Waals surface area contributed by atoms with Gasteiger partial charge < -0.3 is 0 Å². The fraction of sp³-hybridized carbons (Fsp3) is 0.273. The van der Waals surface area contributed by atoms with Crippen LogP contribution >= 0.6 is 11.8 Å². The maximum Gasteiger partial charge on any atom is 0.262 e. The van der Waals surface area contributed by atoms with Crippen molar-refractivity contribution in [3.8, 4) is 0 Å². The van der Waals surface area contributed by atoms with E-state index in [2.05, 4.69) is 18.8 Å². The van der Waals surface area contributed by atoms with Crippen molar-refractivity contribution in [3.05, 3.63) is 80.6 Å². The number of para-hydroxylation sites is 1. The molecular weight excluding hydrogens is 384 g/mol. The van der Waals surface area contributed by atoms with Gasteiger partial charge in [0.15, 0.2) is 5.16 Å². The molecule has 3 heterocycles. The summed E-state index contributed by atoms with van der Waals surface area (Å²) in [7, 11) is 0. The summed E-state index contributed by atoms with van der Waals surface area (Å²) in [5, 5.41) is 1.27. The van der Waals surface area contributed by atoms with Gasteiger partial charge in [0.1, 0.15) is 5.65 Å². The lowest BCUT2D eigenvalue weighted by Gasteiger charge is -2.15. The molecule has 29 heavy (non-hydrogen) atoms. The van der Waals surface area contributed by atoms with E-state index in [9.17, 15) is 9.59 Å². The van der Waals surface area contributed by atoms with Gasteiger partial charge in [-0.1, -0.05) is 43.8 Å². The Kier molecular flexibility index (Phi) is 5.24. The second kappa shape index (κ2) is 7.83. The smallest absolute Gasteiger partial charge is 0.262 e. The number of hydrogen-bond donors (Lipinski definition) is 0. The van der Waals surface area contributed by atoms with Crippen molar-refractivity contribution in [3.63, 3.8) is 0 Å². The molecule has 0 amide bonds. The highest BCUT2D eigenvalue weighted by Gasteiger charge is 2.14. The SMILES string of the molecule is Cc1cccn2c(=O)cc(CSc3nc4ccccc4c(=O)n3CC(C)C)nc12. The van der Waals surface area contributed by atoms with Crippen LogP contribution in [0.2, 0.25) is 0 Å². The predicted molar refractivity (Wildman–Crippen MR) is 117 cm³/mol. The van der Waals surface area contributed by atoms with Crippen LogP contribution in [0.3, 0.4) is 0 Å². The fourth-order valence-electron chi connectivity index (χ4n) is 3.31. The van der Waals surface area contributed by atoms with Crippen molar-refractivity contribution in [2.75, 3.05) is 0 Å². The summed E-state index contributed by atoms with van der Waals surface area (Å²) in [4.78, 5) is 34.8. The maximum absolute atomic E-state index is 13.0. The number of fused-ring (bicyclic) bond motifs is 2. The molecule has 0 saturated carbocycles. The minimum absolute atomic E-state index is 0.0332. The van der Waals surface area contributed by atoms with Crippen LogP contribution in [0.25, 0.3) is 16.6 Å². The van der Waals surface area contributed by atoms with Crippen molar-refractivity contribution in [2.24, 2.45) is 5.92 Å². The highest BCUT2D eigenvalue weighted by atomic mass is 32.2. The molecule has 3 aromatic heterocycles. The van der Waals surface area contributed by atoms with Crippen LogP contribution in [0.1, 0.15) is 25.1 Å². The first-order chi connectivity index (χ1) is 13.9. The van der Waals surface area contributed by atoms with Crippen molar-refractivity contribution in [1.29, 1.82) is 0 Å². The van der Waals surface area contributed by atoms with Crippen LogP contribution in [0.5, 0.6) is 0 Å². The summed E-state index contributed by atoms with van der Waals surface area (Å²) in [5.41, 5.74) is 2.81. The van der Waals surface area contributed by atoms with Gasteiger partial charge in [-0.05, 0) is 36.6 Å². The van der Waals surface area contributed by atoms with E-state index in [4.69, 9.17) is 4.98 Å². The van der Waals surface area contributed by atoms with E-state index in [0.29, 0.717) is 45.6 Å². The Bertz CT molecular complexity index is 1320. The Hall–Kier alpha value is -2.93. The van der Waals surface area contributed by atoms with Crippen LogP contribution in [0.4, 0.5) is 0 Å². The lowest BCUT2D eigenvalue weighted by Crippen LogP contribution is -2.25. The molecule has 4 rings (SSSR count). The zero-order valence-corrected chi connectivity index (χ0v) is 17.4. The highest BCUT2D eigenvalue weighted by Crippen LogP contribution is 2.22. The average Bonchev–Trinajstić information content (AvgIpc) is 2.69. The molecule has 0 unspecified atom stereocenters. The first kappa shape index (κ1) is 19.4. The van der Waals surface area contributed by atoms with Gasteiger partial charge in [-0.15, -0.1) is 0 Å². The second-order valence-corrected chi connectivity index (χ2v) is 8.42. The topological polar surface area (TPSA) is 69.3 Å². The molecule has 0 aliphatic heterocycles. The third-order valence-electron chi connectivity index (χ3n) is 4.66. The Balaban J connectivity index is 1.74. The monoisotopic (exact) mass is 406 g/mol. The van der Waals surface area contributed by atoms with E-state index in [1.165, 1.54) is 11.8 Å². The van der Waals surface area contributed by atoms with Crippen molar-refractivity contribution in [1.82, 2.24) is 18.9 Å². The Morgan fingerprint density at radius 3 is 2.66 bits per heavy atom. The third kappa shape index (κ3) is 3.82. The van der Waals surface area contributed by atoms with Crippen LogP contribution in [-0.4, -0.2) is 18.9 Å². The molecule has 0 bridgehead atoms. The molecule has 4 aromatic rings. The minimum atomic E-state index is -0.111. The van der Waals surface area contributed by atoms with E-state index in [1.54, 1.807) is 21.2 Å². The normalized spacial score (nSPS) is 11.6. The van der Waals surface area contributed by atoms with E-state index in [-0.39, 0.29) is 11.1 Å². The molecule has 0 saturated heterocycles. The summed E-state index contributed by atoms with van der Waals surface area (Å²) in [6.45, 7) is 6.67. The molecule has 0 atom stereocenters. The van der Waals surface area contributed by atoms with E-state index < -0.39 is 0 Å². The number of aromatic nitrogens is 4. The quantitative estimate of drug-likeness (QED) is 0.374. The van der Waals surface area contributed by atoms with Gasteiger partial charge in [-0.3, -0.25) is 18.6 Å². The zero-order valence-electron chi connectivity index (χ0n) is 16.6. The second-order valence-electron chi connectivity index (χ2n) is 7.48. The first-order valence-electron chi connectivity index (χ1n) is 9.54. The molecule has 0 aliphatic rings. The summed E-state index contributed by atoms with van der Waals surface area (Å²) in [5.74, 6) is 0.768. The average molecular weight is 407 g/mol. The van der Waals surface area contributed by atoms with Gasteiger partial charge in [0.05, 0.1) is 16.6 Å². The summed E-state index contributed by atoms with van der Waals surface area (Å²) < 4.78 is 3.28. The number of hydrogen-bond acceptors (Lipinski definition) is 5. The Labute approximate surface area is 172 Å². The number of nitrogens with zero attached hydrogens (tertiary/aromatic N) is 4.